The van der Waals surface area contributed by atoms with Crippen LogP contribution in [-0.4, -0.2) is 87.4 Å². The standard InChI is InChI=1S/C62H105NO8/c1-6-8-10-12-14-16-18-19-20-21-22-23-24-25-26-27-28-29-30-31-32-33-34-35-36-37-38-39-40-41-43-45-47-49-51-53-60(65)71-58(57-70-62(61(66)67)68-55-54-63(3,4)5)56-69-59(64)52-50-48-46-44-42-17-15-13-11-9-7-2/h8,10,14,16,19-20,22-23,25-26,28-29,31-32,34-35,58,62H,6-7,9,11-13,15,17-18,21,24,27,30,33,36-57H2,1-5H3/p+1/b10-8-,16-14-,20-19-,23-22-,26-25-,29-28-,32-31-,35-34-. The van der Waals surface area contributed by atoms with Crippen LogP contribution in [0.25, 0.3) is 0 Å². The fourth-order valence-corrected chi connectivity index (χ4v) is 7.50. The van der Waals surface area contributed by atoms with Crippen molar-refractivity contribution in [3.8, 4) is 0 Å². The van der Waals surface area contributed by atoms with Crippen LogP contribution in [0.5, 0.6) is 0 Å². The van der Waals surface area contributed by atoms with E-state index in [9.17, 15) is 19.5 Å². The third-order valence-electron chi connectivity index (χ3n) is 11.9. The lowest BCUT2D eigenvalue weighted by Crippen LogP contribution is -2.40. The molecule has 0 amide bonds. The van der Waals surface area contributed by atoms with Gasteiger partial charge in [-0.15, -0.1) is 0 Å². The molecule has 2 atom stereocenters. The predicted octanol–water partition coefficient (Wildman–Crippen LogP) is 16.6. The number of carboxylic acid groups (broad SMARTS) is 1. The van der Waals surface area contributed by atoms with Crippen molar-refractivity contribution in [3.05, 3.63) is 97.2 Å². The molecule has 0 bridgehead atoms. The lowest BCUT2D eigenvalue weighted by Gasteiger charge is -2.25. The zero-order valence-electron chi connectivity index (χ0n) is 46.1. The van der Waals surface area contributed by atoms with Crippen LogP contribution < -0.4 is 0 Å². The van der Waals surface area contributed by atoms with Gasteiger partial charge in [0.2, 0.25) is 0 Å². The maximum atomic E-state index is 12.8. The second-order valence-corrected chi connectivity index (χ2v) is 19.9. The SMILES string of the molecule is CC/C=C\C/C=C\C/C=C\C/C=C\C/C=C\C/C=C\C/C=C\C/C=C\CCCCCCCCCCCCC(=O)OC(COC(=O)CCCCCCCCCCCCC)COC(OCC[N+](C)(C)C)C(=O)O. The molecule has 9 heteroatoms. The molecule has 0 aromatic heterocycles. The Balaban J connectivity index is 4.15. The van der Waals surface area contributed by atoms with Gasteiger partial charge in [0.15, 0.2) is 6.10 Å². The Kier molecular flexibility index (Phi) is 49.7. The third-order valence-corrected chi connectivity index (χ3v) is 11.9. The average molecular weight is 994 g/mol. The fraction of sp³-hybridized carbons (Fsp3) is 0.694. The van der Waals surface area contributed by atoms with Gasteiger partial charge in [-0.05, 0) is 77.0 Å². The van der Waals surface area contributed by atoms with Crippen molar-refractivity contribution in [1.82, 2.24) is 0 Å². The summed E-state index contributed by atoms with van der Waals surface area (Å²) in [5, 5.41) is 9.67. The zero-order valence-corrected chi connectivity index (χ0v) is 46.1. The van der Waals surface area contributed by atoms with Gasteiger partial charge in [-0.3, -0.25) is 9.59 Å². The quantitative estimate of drug-likeness (QED) is 0.0211. The van der Waals surface area contributed by atoms with Crippen molar-refractivity contribution in [2.24, 2.45) is 0 Å². The van der Waals surface area contributed by atoms with Crippen molar-refractivity contribution in [2.75, 3.05) is 47.5 Å². The molecule has 0 saturated heterocycles. The number of unbranched alkanes of at least 4 members (excludes halogenated alkanes) is 20. The van der Waals surface area contributed by atoms with Crippen LogP contribution in [0.1, 0.15) is 219 Å². The minimum absolute atomic E-state index is 0.184. The van der Waals surface area contributed by atoms with E-state index in [-0.39, 0.29) is 32.2 Å². The maximum Gasteiger partial charge on any atom is 0.361 e. The summed E-state index contributed by atoms with van der Waals surface area (Å²) in [6, 6.07) is 0. The Bertz CT molecular complexity index is 1480. The highest BCUT2D eigenvalue weighted by Crippen LogP contribution is 2.15. The van der Waals surface area contributed by atoms with Crippen LogP contribution in [-0.2, 0) is 33.3 Å². The molecule has 9 nitrogen and oxygen atoms in total. The summed E-state index contributed by atoms with van der Waals surface area (Å²) in [6.45, 7) is 4.74. The smallest absolute Gasteiger partial charge is 0.361 e. The Morgan fingerprint density at radius 2 is 0.803 bits per heavy atom. The normalized spacial score (nSPS) is 13.5. The van der Waals surface area contributed by atoms with Crippen LogP contribution in [0.4, 0.5) is 0 Å². The first-order chi connectivity index (χ1) is 34.6. The molecular weight excluding hydrogens is 887 g/mol. The Labute approximate surface area is 435 Å². The molecular formula is C62H106NO8+. The maximum absolute atomic E-state index is 12.8. The van der Waals surface area contributed by atoms with Crippen molar-refractivity contribution in [1.29, 1.82) is 0 Å². The highest BCUT2D eigenvalue weighted by atomic mass is 16.7. The number of rotatable bonds is 51. The Morgan fingerprint density at radius 1 is 0.437 bits per heavy atom. The van der Waals surface area contributed by atoms with E-state index in [2.05, 4.69) is 111 Å². The van der Waals surface area contributed by atoms with Gasteiger partial charge in [-0.2, -0.15) is 0 Å². The fourth-order valence-electron chi connectivity index (χ4n) is 7.50. The minimum Gasteiger partial charge on any atom is -0.477 e. The monoisotopic (exact) mass is 993 g/mol. The van der Waals surface area contributed by atoms with Crippen molar-refractivity contribution >= 4 is 17.9 Å². The third kappa shape index (κ3) is 53.8. The van der Waals surface area contributed by atoms with Gasteiger partial charge in [0.1, 0.15) is 13.2 Å². The largest absolute Gasteiger partial charge is 0.477 e. The molecule has 0 aliphatic rings. The lowest BCUT2D eigenvalue weighted by molar-refractivity contribution is -0.870. The highest BCUT2D eigenvalue weighted by molar-refractivity contribution is 5.71. The molecule has 0 aromatic carbocycles. The molecule has 0 heterocycles. The van der Waals surface area contributed by atoms with E-state index in [4.69, 9.17) is 18.9 Å². The van der Waals surface area contributed by atoms with Crippen molar-refractivity contribution in [2.45, 2.75) is 232 Å². The summed E-state index contributed by atoms with van der Waals surface area (Å²) in [4.78, 5) is 37.3. The van der Waals surface area contributed by atoms with Gasteiger partial charge in [0.25, 0.3) is 6.29 Å². The number of likely N-dealkylation sites (N-methyl/N-ethyl adjacent to an activating group) is 1. The number of carbonyl (C=O) groups is 3. The van der Waals surface area contributed by atoms with Crippen LogP contribution in [0, 0.1) is 0 Å². The molecule has 0 aliphatic carbocycles. The topological polar surface area (TPSA) is 108 Å². The molecule has 2 unspecified atom stereocenters. The first kappa shape index (κ1) is 67.2. The first-order valence-electron chi connectivity index (χ1n) is 28.4. The predicted molar refractivity (Wildman–Crippen MR) is 299 cm³/mol. The summed E-state index contributed by atoms with van der Waals surface area (Å²) in [6.07, 6.45) is 67.8. The van der Waals surface area contributed by atoms with Crippen LogP contribution in [0.3, 0.4) is 0 Å². The number of quaternary nitrogens is 1. The minimum atomic E-state index is -1.51. The number of esters is 2. The van der Waals surface area contributed by atoms with Gasteiger partial charge >= 0.3 is 17.9 Å². The van der Waals surface area contributed by atoms with E-state index in [1.54, 1.807) is 0 Å². The van der Waals surface area contributed by atoms with E-state index in [1.165, 1.54) is 89.9 Å². The molecule has 0 radical (unpaired) electrons. The van der Waals surface area contributed by atoms with Crippen molar-refractivity contribution in [3.63, 3.8) is 0 Å². The second kappa shape index (κ2) is 52.5. The first-order valence-corrected chi connectivity index (χ1v) is 28.4. The molecule has 0 rings (SSSR count). The van der Waals surface area contributed by atoms with Gasteiger partial charge in [0, 0.05) is 12.8 Å². The molecule has 0 aliphatic heterocycles. The lowest BCUT2D eigenvalue weighted by atomic mass is 10.0. The van der Waals surface area contributed by atoms with Crippen LogP contribution >= 0.6 is 0 Å². The highest BCUT2D eigenvalue weighted by Gasteiger charge is 2.25. The zero-order chi connectivity index (χ0) is 52.0. The number of carbonyl (C=O) groups excluding carboxylic acids is 2. The van der Waals surface area contributed by atoms with Gasteiger partial charge in [-0.25, -0.2) is 4.79 Å². The summed E-state index contributed by atoms with van der Waals surface area (Å²) >= 11 is 0. The molecule has 0 spiro atoms. The number of allylic oxidation sites excluding steroid dienone is 16. The number of hydrogen-bond donors (Lipinski definition) is 1. The van der Waals surface area contributed by atoms with E-state index < -0.39 is 24.3 Å². The molecule has 1 N–H and O–H groups in total. The molecule has 0 saturated carbocycles. The van der Waals surface area contributed by atoms with Gasteiger partial charge in [-0.1, -0.05) is 227 Å². The Hall–Kier alpha value is -3.79. The van der Waals surface area contributed by atoms with Crippen molar-refractivity contribution < 1.29 is 42.9 Å². The van der Waals surface area contributed by atoms with Gasteiger partial charge < -0.3 is 28.5 Å². The average Bonchev–Trinajstić information content (AvgIpc) is 3.34. The molecule has 71 heavy (non-hydrogen) atoms. The van der Waals surface area contributed by atoms with E-state index >= 15 is 0 Å². The summed E-state index contributed by atoms with van der Waals surface area (Å²) < 4.78 is 22.8. The summed E-state index contributed by atoms with van der Waals surface area (Å²) in [5.41, 5.74) is 0. The summed E-state index contributed by atoms with van der Waals surface area (Å²) in [7, 11) is 5.96. The van der Waals surface area contributed by atoms with E-state index in [1.807, 2.05) is 21.1 Å². The molecule has 0 fully saturated rings. The molecule has 0 aromatic rings. The molecule has 406 valence electrons. The number of nitrogens with zero attached hydrogens (tertiary/aromatic N) is 1. The second-order valence-electron chi connectivity index (χ2n) is 19.9. The Morgan fingerprint density at radius 3 is 1.20 bits per heavy atom. The number of carboxylic acids is 1. The number of hydrogen-bond acceptors (Lipinski definition) is 7. The summed E-state index contributed by atoms with van der Waals surface area (Å²) in [5.74, 6) is -2.02. The van der Waals surface area contributed by atoms with E-state index in [0.29, 0.717) is 23.9 Å². The van der Waals surface area contributed by atoms with Crippen LogP contribution in [0.2, 0.25) is 0 Å². The number of aliphatic carboxylic acids is 1. The van der Waals surface area contributed by atoms with Crippen LogP contribution in [0.15, 0.2) is 97.2 Å². The van der Waals surface area contributed by atoms with E-state index in [0.717, 1.165) is 96.3 Å². The number of ether oxygens (including phenoxy) is 4. The van der Waals surface area contributed by atoms with Gasteiger partial charge in [0.05, 0.1) is 34.4 Å².